The fourth-order valence-electron chi connectivity index (χ4n) is 2.21. The third-order valence-corrected chi connectivity index (χ3v) is 4.59. The van der Waals surface area contributed by atoms with Crippen LogP contribution in [0.5, 0.6) is 11.5 Å². The van der Waals surface area contributed by atoms with Crippen molar-refractivity contribution in [1.29, 1.82) is 0 Å². The van der Waals surface area contributed by atoms with E-state index in [1.807, 2.05) is 0 Å². The molecule has 2 aromatic carbocycles. The summed E-state index contributed by atoms with van der Waals surface area (Å²) in [6.45, 7) is 1.42. The third kappa shape index (κ3) is 4.78. The molecule has 0 spiro atoms. The number of benzene rings is 2. The lowest BCUT2D eigenvalue weighted by Gasteiger charge is -2.09. The van der Waals surface area contributed by atoms with Crippen molar-refractivity contribution in [1.82, 2.24) is 4.98 Å². The first-order valence-electron chi connectivity index (χ1n) is 7.62. The van der Waals surface area contributed by atoms with E-state index >= 15 is 0 Å². The normalized spacial score (nSPS) is 11.3. The molecule has 1 N–H and O–H groups in total. The molecule has 9 heteroatoms. The van der Waals surface area contributed by atoms with Crippen LogP contribution in [0.1, 0.15) is 20.4 Å². The molecule has 0 atom stereocenters. The number of nitrogens with zero attached hydrogens (tertiary/aromatic N) is 1. The Morgan fingerprint density at radius 1 is 1.07 bits per heavy atom. The minimum atomic E-state index is -4.69. The number of ether oxygens (including phenoxy) is 1. The summed E-state index contributed by atoms with van der Waals surface area (Å²) in [6, 6.07) is 13.0. The summed E-state index contributed by atoms with van der Waals surface area (Å²) in [5, 5.41) is 3.19. The van der Waals surface area contributed by atoms with Crippen molar-refractivity contribution in [3.8, 4) is 11.5 Å². The fraction of sp³-hybridized carbons (Fsp3) is 0.111. The van der Waals surface area contributed by atoms with Gasteiger partial charge in [-0.1, -0.05) is 11.6 Å². The summed E-state index contributed by atoms with van der Waals surface area (Å²) in [6.07, 6.45) is -4.69. The van der Waals surface area contributed by atoms with Crippen molar-refractivity contribution in [2.75, 3.05) is 5.32 Å². The number of halogens is 4. The molecule has 1 amide bonds. The van der Waals surface area contributed by atoms with Gasteiger partial charge in [0.15, 0.2) is 5.69 Å². The van der Waals surface area contributed by atoms with E-state index < -0.39 is 22.7 Å². The molecule has 0 aliphatic rings. The van der Waals surface area contributed by atoms with Crippen LogP contribution in [0.2, 0.25) is 5.02 Å². The van der Waals surface area contributed by atoms with E-state index in [4.69, 9.17) is 16.3 Å². The number of rotatable bonds is 4. The molecule has 140 valence electrons. The molecule has 1 aromatic heterocycles. The molecule has 0 radical (unpaired) electrons. The fourth-order valence-corrected chi connectivity index (χ4v) is 3.17. The van der Waals surface area contributed by atoms with E-state index in [0.717, 1.165) is 0 Å². The molecule has 3 rings (SSSR count). The summed E-state index contributed by atoms with van der Waals surface area (Å²) >= 11 is 6.50. The average Bonchev–Trinajstić information content (AvgIpc) is 3.01. The van der Waals surface area contributed by atoms with Crippen molar-refractivity contribution in [2.24, 2.45) is 0 Å². The van der Waals surface area contributed by atoms with Crippen molar-refractivity contribution >= 4 is 34.5 Å². The maximum Gasteiger partial charge on any atom is 0.435 e. The molecule has 1 heterocycles. The van der Waals surface area contributed by atoms with Crippen LogP contribution in [-0.2, 0) is 6.18 Å². The number of alkyl halides is 3. The predicted octanol–water partition coefficient (Wildman–Crippen LogP) is 6.17. The van der Waals surface area contributed by atoms with Crippen LogP contribution in [-0.4, -0.2) is 10.9 Å². The Hall–Kier alpha value is -2.58. The van der Waals surface area contributed by atoms with E-state index in [1.54, 1.807) is 36.4 Å². The van der Waals surface area contributed by atoms with Crippen LogP contribution < -0.4 is 10.1 Å². The van der Waals surface area contributed by atoms with Crippen LogP contribution in [0.3, 0.4) is 0 Å². The highest BCUT2D eigenvalue weighted by atomic mass is 35.5. The Balaban J connectivity index is 1.71. The van der Waals surface area contributed by atoms with E-state index in [9.17, 15) is 18.0 Å². The van der Waals surface area contributed by atoms with Crippen LogP contribution in [0, 0.1) is 6.92 Å². The van der Waals surface area contributed by atoms with Gasteiger partial charge in [0.05, 0.1) is 5.01 Å². The van der Waals surface area contributed by atoms with Gasteiger partial charge in [-0.05, 0) is 55.5 Å². The van der Waals surface area contributed by atoms with Gasteiger partial charge in [-0.15, -0.1) is 11.3 Å². The van der Waals surface area contributed by atoms with Gasteiger partial charge in [-0.2, -0.15) is 13.2 Å². The lowest BCUT2D eigenvalue weighted by atomic mass is 10.2. The maximum atomic E-state index is 13.0. The van der Waals surface area contributed by atoms with Gasteiger partial charge in [0.2, 0.25) is 0 Å². The van der Waals surface area contributed by atoms with Crippen LogP contribution >= 0.6 is 22.9 Å². The van der Waals surface area contributed by atoms with Gasteiger partial charge in [-0.3, -0.25) is 4.79 Å². The van der Waals surface area contributed by atoms with Crippen molar-refractivity contribution in [3.63, 3.8) is 0 Å². The summed E-state index contributed by atoms with van der Waals surface area (Å²) in [7, 11) is 0. The Labute approximate surface area is 161 Å². The number of hydrogen-bond donors (Lipinski definition) is 1. The topological polar surface area (TPSA) is 51.2 Å². The van der Waals surface area contributed by atoms with E-state index in [-0.39, 0.29) is 5.01 Å². The Kier molecular flexibility index (Phi) is 5.38. The zero-order chi connectivity index (χ0) is 19.6. The summed E-state index contributed by atoms with van der Waals surface area (Å²) in [5.41, 5.74) is -0.840. The number of hydrogen-bond acceptors (Lipinski definition) is 4. The number of aryl methyl sites for hydroxylation is 1. The standard InChI is InChI=1S/C18H12ClF3N2O2S/c1-10-23-16(18(20,21)22)15(27-10)17(25)24-12-4-8-14(9-5-12)26-13-6-2-11(19)3-7-13/h2-9H,1H3,(H,24,25). The smallest absolute Gasteiger partial charge is 0.435 e. The molecule has 0 bridgehead atoms. The van der Waals surface area contributed by atoms with Gasteiger partial charge < -0.3 is 10.1 Å². The van der Waals surface area contributed by atoms with Crippen LogP contribution in [0.4, 0.5) is 18.9 Å². The molecule has 0 aliphatic heterocycles. The quantitative estimate of drug-likeness (QED) is 0.557. The van der Waals surface area contributed by atoms with E-state index in [2.05, 4.69) is 10.3 Å². The Bertz CT molecular complexity index is 954. The number of carbonyl (C=O) groups is 1. The van der Waals surface area contributed by atoms with E-state index in [0.29, 0.717) is 33.5 Å². The monoisotopic (exact) mass is 412 g/mol. The highest BCUT2D eigenvalue weighted by molar-refractivity contribution is 7.13. The van der Waals surface area contributed by atoms with Gasteiger partial charge >= 0.3 is 6.18 Å². The highest BCUT2D eigenvalue weighted by Crippen LogP contribution is 2.34. The first kappa shape index (κ1) is 19.2. The minimum absolute atomic E-state index is 0.166. The average molecular weight is 413 g/mol. The minimum Gasteiger partial charge on any atom is -0.457 e. The second-order valence-electron chi connectivity index (χ2n) is 5.44. The van der Waals surface area contributed by atoms with Crippen LogP contribution in [0.25, 0.3) is 0 Å². The highest BCUT2D eigenvalue weighted by Gasteiger charge is 2.39. The number of aromatic nitrogens is 1. The lowest BCUT2D eigenvalue weighted by molar-refractivity contribution is -0.141. The Morgan fingerprint density at radius 2 is 1.63 bits per heavy atom. The molecule has 4 nitrogen and oxygen atoms in total. The number of amides is 1. The zero-order valence-electron chi connectivity index (χ0n) is 13.8. The number of thiazole rings is 1. The molecular formula is C18H12ClF3N2O2S. The molecular weight excluding hydrogens is 401 g/mol. The Morgan fingerprint density at radius 3 is 2.19 bits per heavy atom. The van der Waals surface area contributed by atoms with Crippen molar-refractivity contribution in [2.45, 2.75) is 13.1 Å². The van der Waals surface area contributed by atoms with Crippen molar-refractivity contribution in [3.05, 3.63) is 69.1 Å². The SMILES string of the molecule is Cc1nc(C(F)(F)F)c(C(=O)Nc2ccc(Oc3ccc(Cl)cc3)cc2)s1. The summed E-state index contributed by atoms with van der Waals surface area (Å²) in [4.78, 5) is 15.2. The largest absolute Gasteiger partial charge is 0.457 e. The molecule has 0 saturated carbocycles. The maximum absolute atomic E-state index is 13.0. The van der Waals surface area contributed by atoms with Gasteiger partial charge in [-0.25, -0.2) is 4.98 Å². The first-order chi connectivity index (χ1) is 12.7. The van der Waals surface area contributed by atoms with Crippen LogP contribution in [0.15, 0.2) is 48.5 Å². The molecule has 27 heavy (non-hydrogen) atoms. The molecule has 0 aliphatic carbocycles. The second kappa shape index (κ2) is 7.58. The molecule has 3 aromatic rings. The molecule has 0 unspecified atom stereocenters. The number of anilines is 1. The van der Waals surface area contributed by atoms with E-state index in [1.165, 1.54) is 19.1 Å². The lowest BCUT2D eigenvalue weighted by Crippen LogP contribution is -2.17. The zero-order valence-corrected chi connectivity index (χ0v) is 15.4. The third-order valence-electron chi connectivity index (χ3n) is 3.37. The van der Waals surface area contributed by atoms with Gasteiger partial charge in [0.25, 0.3) is 5.91 Å². The number of nitrogens with one attached hydrogen (secondary N) is 1. The number of carbonyl (C=O) groups excluding carboxylic acids is 1. The molecule has 0 saturated heterocycles. The molecule has 0 fully saturated rings. The second-order valence-corrected chi connectivity index (χ2v) is 7.08. The van der Waals surface area contributed by atoms with Crippen molar-refractivity contribution < 1.29 is 22.7 Å². The first-order valence-corrected chi connectivity index (χ1v) is 8.81. The van der Waals surface area contributed by atoms with Gasteiger partial charge in [0.1, 0.15) is 16.4 Å². The van der Waals surface area contributed by atoms with Gasteiger partial charge in [0, 0.05) is 10.7 Å². The summed E-state index contributed by atoms with van der Waals surface area (Å²) < 4.78 is 44.6. The summed E-state index contributed by atoms with van der Waals surface area (Å²) in [5.74, 6) is 0.213. The predicted molar refractivity (Wildman–Crippen MR) is 97.8 cm³/mol.